The van der Waals surface area contributed by atoms with Crippen molar-refractivity contribution in [3.63, 3.8) is 0 Å². The van der Waals surface area contributed by atoms with Crippen molar-refractivity contribution in [1.29, 1.82) is 0 Å². The van der Waals surface area contributed by atoms with Gasteiger partial charge in [-0.15, -0.1) is 0 Å². The monoisotopic (exact) mass is 235 g/mol. The highest BCUT2D eigenvalue weighted by Gasteiger charge is 2.41. The maximum Gasteiger partial charge on any atom is 0.0847 e. The third-order valence-corrected chi connectivity index (χ3v) is 3.88. The molecule has 1 fully saturated rings. The van der Waals surface area contributed by atoms with Gasteiger partial charge in [0.05, 0.1) is 11.6 Å². The summed E-state index contributed by atoms with van der Waals surface area (Å²) < 4.78 is 5.77. The summed E-state index contributed by atoms with van der Waals surface area (Å²) in [6.45, 7) is 0. The number of hydrogen-bond acceptors (Lipinski definition) is 4. The molecule has 0 aliphatic heterocycles. The van der Waals surface area contributed by atoms with Crippen LogP contribution in [0, 0.1) is 0 Å². The fraction of sp³-hybridized carbons (Fsp3) is 0.615. The minimum Gasteiger partial charge on any atom is -0.377 e. The number of nitrogens with zero attached hydrogens (tertiary/aromatic N) is 1. The Morgan fingerprint density at radius 2 is 2.06 bits per heavy atom. The molecule has 3 N–H and O–H groups in total. The number of methoxy groups -OCH3 is 1. The molecule has 1 aliphatic rings. The van der Waals surface area contributed by atoms with Crippen molar-refractivity contribution >= 4 is 0 Å². The van der Waals surface area contributed by atoms with Gasteiger partial charge in [-0.25, -0.2) is 0 Å². The molecule has 1 aromatic rings. The van der Waals surface area contributed by atoms with Crippen LogP contribution in [0.15, 0.2) is 24.5 Å². The second-order valence-corrected chi connectivity index (χ2v) is 4.75. The van der Waals surface area contributed by atoms with Gasteiger partial charge >= 0.3 is 0 Å². The lowest BCUT2D eigenvalue weighted by Gasteiger charge is -2.36. The van der Waals surface area contributed by atoms with E-state index in [0.717, 1.165) is 19.3 Å². The summed E-state index contributed by atoms with van der Waals surface area (Å²) in [5.74, 6) is 5.72. The zero-order valence-corrected chi connectivity index (χ0v) is 10.4. The molecular weight excluding hydrogens is 214 g/mol. The Kier molecular flexibility index (Phi) is 4.10. The van der Waals surface area contributed by atoms with Crippen LogP contribution >= 0.6 is 0 Å². The molecule has 0 bridgehead atoms. The molecule has 1 saturated carbocycles. The van der Waals surface area contributed by atoms with Crippen molar-refractivity contribution in [1.82, 2.24) is 10.4 Å². The van der Waals surface area contributed by atoms with E-state index in [2.05, 4.69) is 10.4 Å². The van der Waals surface area contributed by atoms with Gasteiger partial charge < -0.3 is 4.74 Å². The fourth-order valence-electron chi connectivity index (χ4n) is 2.82. The maximum atomic E-state index is 5.77. The van der Waals surface area contributed by atoms with Crippen molar-refractivity contribution in [3.8, 4) is 0 Å². The smallest absolute Gasteiger partial charge is 0.0847 e. The molecule has 1 aromatic heterocycles. The largest absolute Gasteiger partial charge is 0.377 e. The van der Waals surface area contributed by atoms with Crippen LogP contribution in [0.2, 0.25) is 0 Å². The number of ether oxygens (including phenoxy) is 1. The van der Waals surface area contributed by atoms with Gasteiger partial charge in [-0.2, -0.15) is 0 Å². The van der Waals surface area contributed by atoms with Crippen molar-refractivity contribution in [3.05, 3.63) is 30.1 Å². The van der Waals surface area contributed by atoms with Crippen molar-refractivity contribution in [2.45, 2.75) is 43.7 Å². The molecule has 94 valence electrons. The average molecular weight is 235 g/mol. The second-order valence-electron chi connectivity index (χ2n) is 4.75. The molecule has 17 heavy (non-hydrogen) atoms. The molecule has 0 spiro atoms. The first-order chi connectivity index (χ1) is 8.30. The molecule has 2 rings (SSSR count). The Balaban J connectivity index is 2.10. The molecule has 1 heterocycles. The highest BCUT2D eigenvalue weighted by molar-refractivity contribution is 5.14. The Bertz CT molecular complexity index is 336. The van der Waals surface area contributed by atoms with Gasteiger partial charge in [0.25, 0.3) is 0 Å². The lowest BCUT2D eigenvalue weighted by atomic mass is 9.88. The van der Waals surface area contributed by atoms with E-state index in [1.165, 1.54) is 18.4 Å². The predicted molar refractivity (Wildman–Crippen MR) is 67.3 cm³/mol. The molecule has 1 aliphatic carbocycles. The van der Waals surface area contributed by atoms with Crippen LogP contribution < -0.4 is 11.3 Å². The minimum absolute atomic E-state index is 0.0992. The maximum absolute atomic E-state index is 5.77. The molecule has 4 heteroatoms. The number of nitrogens with two attached hydrogens (primary N) is 1. The van der Waals surface area contributed by atoms with Crippen LogP contribution in [0.1, 0.15) is 31.2 Å². The summed E-state index contributed by atoms with van der Waals surface area (Å²) >= 11 is 0. The molecule has 1 unspecified atom stereocenters. The van der Waals surface area contributed by atoms with E-state index in [1.807, 2.05) is 24.5 Å². The normalized spacial score (nSPS) is 20.4. The van der Waals surface area contributed by atoms with Gasteiger partial charge in [-0.1, -0.05) is 12.8 Å². The number of nitrogens with one attached hydrogen (secondary N) is 1. The molecule has 0 amide bonds. The summed E-state index contributed by atoms with van der Waals surface area (Å²) in [4.78, 5) is 4.03. The number of hydrazine groups is 1. The minimum atomic E-state index is -0.0992. The van der Waals surface area contributed by atoms with E-state index in [4.69, 9.17) is 10.6 Å². The van der Waals surface area contributed by atoms with Crippen molar-refractivity contribution in [2.75, 3.05) is 7.11 Å². The van der Waals surface area contributed by atoms with Gasteiger partial charge in [-0.3, -0.25) is 16.3 Å². The zero-order valence-electron chi connectivity index (χ0n) is 10.4. The standard InChI is InChI=1S/C13H21N3O/c1-17-13(6-2-3-7-13)12(16-14)10-11-4-8-15-9-5-11/h4-5,8-9,12,16H,2-3,6-7,10,14H2,1H3. The van der Waals surface area contributed by atoms with Crippen LogP contribution in [-0.2, 0) is 11.2 Å². The van der Waals surface area contributed by atoms with Gasteiger partial charge in [0.1, 0.15) is 0 Å². The fourth-order valence-corrected chi connectivity index (χ4v) is 2.82. The highest BCUT2D eigenvalue weighted by Crippen LogP contribution is 2.36. The van der Waals surface area contributed by atoms with E-state index in [0.29, 0.717) is 0 Å². The summed E-state index contributed by atoms with van der Waals surface area (Å²) in [5.41, 5.74) is 4.08. The van der Waals surface area contributed by atoms with Gasteiger partial charge in [0.15, 0.2) is 0 Å². The highest BCUT2D eigenvalue weighted by atomic mass is 16.5. The lowest BCUT2D eigenvalue weighted by Crippen LogP contribution is -2.54. The van der Waals surface area contributed by atoms with E-state index in [1.54, 1.807) is 7.11 Å². The quantitative estimate of drug-likeness (QED) is 0.598. The van der Waals surface area contributed by atoms with Gasteiger partial charge in [0, 0.05) is 19.5 Å². The first-order valence-electron chi connectivity index (χ1n) is 6.21. The van der Waals surface area contributed by atoms with Crippen molar-refractivity contribution < 1.29 is 4.74 Å². The molecule has 4 nitrogen and oxygen atoms in total. The van der Waals surface area contributed by atoms with E-state index in [9.17, 15) is 0 Å². The topological polar surface area (TPSA) is 60.2 Å². The number of pyridine rings is 1. The van der Waals surface area contributed by atoms with E-state index < -0.39 is 0 Å². The molecular formula is C13H21N3O. The summed E-state index contributed by atoms with van der Waals surface area (Å²) in [5, 5.41) is 0. The van der Waals surface area contributed by atoms with Crippen LogP contribution in [0.25, 0.3) is 0 Å². The number of aromatic nitrogens is 1. The Hall–Kier alpha value is -0.970. The molecule has 0 saturated heterocycles. The second kappa shape index (κ2) is 5.58. The first-order valence-corrected chi connectivity index (χ1v) is 6.21. The first kappa shape index (κ1) is 12.5. The third kappa shape index (κ3) is 2.65. The van der Waals surface area contributed by atoms with Gasteiger partial charge in [0.2, 0.25) is 0 Å². The van der Waals surface area contributed by atoms with E-state index >= 15 is 0 Å². The van der Waals surface area contributed by atoms with Gasteiger partial charge in [-0.05, 0) is 37.0 Å². The number of hydrogen-bond donors (Lipinski definition) is 2. The SMILES string of the molecule is COC1(C(Cc2ccncc2)NN)CCCC1. The van der Waals surface area contributed by atoms with Crippen LogP contribution in [-0.4, -0.2) is 23.7 Å². The van der Waals surface area contributed by atoms with Crippen LogP contribution in [0.4, 0.5) is 0 Å². The average Bonchev–Trinajstić information content (AvgIpc) is 2.87. The molecule has 0 radical (unpaired) electrons. The van der Waals surface area contributed by atoms with Crippen LogP contribution in [0.5, 0.6) is 0 Å². The lowest BCUT2D eigenvalue weighted by molar-refractivity contribution is -0.0355. The van der Waals surface area contributed by atoms with E-state index in [-0.39, 0.29) is 11.6 Å². The summed E-state index contributed by atoms with van der Waals surface area (Å²) in [7, 11) is 1.79. The Labute approximate surface area is 103 Å². The Morgan fingerprint density at radius 1 is 1.41 bits per heavy atom. The Morgan fingerprint density at radius 3 is 2.59 bits per heavy atom. The number of rotatable bonds is 5. The van der Waals surface area contributed by atoms with Crippen LogP contribution in [0.3, 0.4) is 0 Å². The summed E-state index contributed by atoms with van der Waals surface area (Å²) in [6.07, 6.45) is 9.14. The zero-order chi connectivity index (χ0) is 12.1. The summed E-state index contributed by atoms with van der Waals surface area (Å²) in [6, 6.07) is 4.23. The predicted octanol–water partition coefficient (Wildman–Crippen LogP) is 1.42. The molecule has 0 aromatic carbocycles. The molecule has 1 atom stereocenters. The third-order valence-electron chi connectivity index (χ3n) is 3.88. The van der Waals surface area contributed by atoms with Crippen molar-refractivity contribution in [2.24, 2.45) is 5.84 Å².